The van der Waals surface area contributed by atoms with Crippen LogP contribution in [0.1, 0.15) is 11.1 Å². The van der Waals surface area contributed by atoms with E-state index >= 15 is 0 Å². The highest BCUT2D eigenvalue weighted by Gasteiger charge is 1.96. The van der Waals surface area contributed by atoms with E-state index in [4.69, 9.17) is 16.9 Å². The quantitative estimate of drug-likeness (QED) is 0.401. The van der Waals surface area contributed by atoms with Crippen molar-refractivity contribution in [3.63, 3.8) is 0 Å². The average Bonchev–Trinajstić information content (AvgIpc) is 1.98. The Kier molecular flexibility index (Phi) is 3.28. The Morgan fingerprint density at radius 2 is 1.73 bits per heavy atom. The van der Waals surface area contributed by atoms with Gasteiger partial charge in [-0.05, 0) is 37.1 Å². The van der Waals surface area contributed by atoms with Crippen LogP contribution >= 0.6 is 0 Å². The molecule has 1 aromatic rings. The van der Waals surface area contributed by atoms with E-state index in [-0.39, 0.29) is 11.9 Å². The van der Waals surface area contributed by atoms with Gasteiger partial charge in [-0.1, -0.05) is 6.07 Å². The van der Waals surface area contributed by atoms with Gasteiger partial charge in [0.1, 0.15) is 0 Å². The highest BCUT2D eigenvalue weighted by atomic mass is 15.2. The van der Waals surface area contributed by atoms with Crippen molar-refractivity contribution in [2.75, 3.05) is 0 Å². The zero-order valence-electron chi connectivity index (χ0n) is 8.83. The maximum absolute atomic E-state index is 6.98. The molecule has 0 aliphatic carbocycles. The van der Waals surface area contributed by atoms with Gasteiger partial charge in [0.15, 0.2) is 5.96 Å². The van der Waals surface area contributed by atoms with Crippen LogP contribution in [0.25, 0.3) is 0 Å². The van der Waals surface area contributed by atoms with Crippen molar-refractivity contribution < 1.29 is 0 Å². The number of rotatable bonds is 1. The number of hydrogen-bond acceptors (Lipinski definition) is 2. The first-order chi connectivity index (χ1) is 6.97. The molecule has 80 valence electrons. The van der Waals surface area contributed by atoms with Gasteiger partial charge in [0.05, 0.1) is 5.69 Å². The Labute approximate surface area is 88.7 Å². The SMILES string of the molecule is Cc1cc(C)cc(N=C(N)NC(=N)N)c1. The molecule has 15 heavy (non-hydrogen) atoms. The van der Waals surface area contributed by atoms with Gasteiger partial charge in [-0.15, -0.1) is 0 Å². The van der Waals surface area contributed by atoms with Gasteiger partial charge in [0.25, 0.3) is 0 Å². The van der Waals surface area contributed by atoms with Crippen molar-refractivity contribution in [2.24, 2.45) is 16.5 Å². The lowest BCUT2D eigenvalue weighted by atomic mass is 10.1. The van der Waals surface area contributed by atoms with Crippen molar-refractivity contribution in [1.82, 2.24) is 5.32 Å². The van der Waals surface area contributed by atoms with Gasteiger partial charge in [-0.25, -0.2) is 4.99 Å². The molecule has 5 heteroatoms. The fourth-order valence-corrected chi connectivity index (χ4v) is 1.32. The summed E-state index contributed by atoms with van der Waals surface area (Å²) in [5.74, 6) is -0.104. The first kappa shape index (κ1) is 11.0. The number of hydrogen-bond donors (Lipinski definition) is 4. The summed E-state index contributed by atoms with van der Waals surface area (Å²) >= 11 is 0. The van der Waals surface area contributed by atoms with Crippen LogP contribution in [0.2, 0.25) is 0 Å². The Hall–Kier alpha value is -2.04. The standard InChI is InChI=1S/C10H15N5/c1-6-3-7(2)5-8(4-6)14-10(13)15-9(11)12/h3-5H,1-2H3,(H6,11,12,13,14,15). The number of guanidine groups is 2. The molecule has 6 N–H and O–H groups in total. The molecule has 0 aliphatic rings. The van der Waals surface area contributed by atoms with Crippen molar-refractivity contribution >= 4 is 17.6 Å². The highest BCUT2D eigenvalue weighted by Crippen LogP contribution is 2.16. The molecule has 5 nitrogen and oxygen atoms in total. The molecular formula is C10H15N5. The van der Waals surface area contributed by atoms with E-state index in [0.29, 0.717) is 0 Å². The highest BCUT2D eigenvalue weighted by molar-refractivity contribution is 5.96. The van der Waals surface area contributed by atoms with Gasteiger partial charge in [0, 0.05) is 0 Å². The van der Waals surface area contributed by atoms with E-state index < -0.39 is 0 Å². The minimum absolute atomic E-state index is 0.118. The summed E-state index contributed by atoms with van der Waals surface area (Å²) in [6.45, 7) is 3.97. The Morgan fingerprint density at radius 1 is 1.20 bits per heavy atom. The monoisotopic (exact) mass is 205 g/mol. The van der Waals surface area contributed by atoms with E-state index in [9.17, 15) is 0 Å². The van der Waals surface area contributed by atoms with Crippen LogP contribution in [-0.4, -0.2) is 11.9 Å². The third-order valence-corrected chi connectivity index (χ3v) is 1.72. The number of benzene rings is 1. The first-order valence-corrected chi connectivity index (χ1v) is 4.51. The number of nitrogens with one attached hydrogen (secondary N) is 2. The van der Waals surface area contributed by atoms with E-state index in [1.807, 2.05) is 32.0 Å². The molecule has 0 radical (unpaired) electrons. The number of nitrogens with two attached hydrogens (primary N) is 2. The van der Waals surface area contributed by atoms with Gasteiger partial charge in [0.2, 0.25) is 5.96 Å². The van der Waals surface area contributed by atoms with Gasteiger partial charge < -0.3 is 11.5 Å². The summed E-state index contributed by atoms with van der Waals surface area (Å²) in [6.07, 6.45) is 0. The molecule has 0 aliphatic heterocycles. The number of aliphatic imine (C=N–C) groups is 1. The average molecular weight is 205 g/mol. The molecule has 0 fully saturated rings. The van der Waals surface area contributed by atoms with Crippen molar-refractivity contribution in [1.29, 1.82) is 5.41 Å². The molecule has 0 saturated heterocycles. The minimum Gasteiger partial charge on any atom is -0.370 e. The maximum atomic E-state index is 6.98. The third kappa shape index (κ3) is 3.68. The second kappa shape index (κ2) is 4.45. The second-order valence-corrected chi connectivity index (χ2v) is 3.38. The summed E-state index contributed by atoms with van der Waals surface area (Å²) in [4.78, 5) is 4.08. The molecule has 1 aromatic carbocycles. The molecule has 0 bridgehead atoms. The summed E-state index contributed by atoms with van der Waals surface area (Å²) in [7, 11) is 0. The Balaban J connectivity index is 2.92. The lowest BCUT2D eigenvalue weighted by Crippen LogP contribution is -2.40. The van der Waals surface area contributed by atoms with E-state index in [1.165, 1.54) is 0 Å². The summed E-state index contributed by atoms with van der Waals surface area (Å²) in [5, 5.41) is 9.40. The van der Waals surface area contributed by atoms with Crippen LogP contribution in [0.15, 0.2) is 23.2 Å². The summed E-state index contributed by atoms with van der Waals surface area (Å²) < 4.78 is 0. The Bertz CT molecular complexity index is 388. The molecule has 0 heterocycles. The molecular weight excluding hydrogens is 190 g/mol. The van der Waals surface area contributed by atoms with Crippen molar-refractivity contribution in [3.05, 3.63) is 29.3 Å². The van der Waals surface area contributed by atoms with E-state index in [0.717, 1.165) is 16.8 Å². The lowest BCUT2D eigenvalue weighted by molar-refractivity contribution is 1.20. The smallest absolute Gasteiger partial charge is 0.200 e. The molecule has 0 atom stereocenters. The van der Waals surface area contributed by atoms with Crippen LogP contribution in [0.3, 0.4) is 0 Å². The van der Waals surface area contributed by atoms with Crippen molar-refractivity contribution in [2.45, 2.75) is 13.8 Å². The molecule has 0 unspecified atom stereocenters. The molecule has 0 aromatic heterocycles. The second-order valence-electron chi connectivity index (χ2n) is 3.38. The fraction of sp³-hybridized carbons (Fsp3) is 0.200. The third-order valence-electron chi connectivity index (χ3n) is 1.72. The van der Waals surface area contributed by atoms with Crippen LogP contribution in [-0.2, 0) is 0 Å². The number of aryl methyl sites for hydroxylation is 2. The topological polar surface area (TPSA) is 100 Å². The van der Waals surface area contributed by atoms with Crippen LogP contribution < -0.4 is 16.8 Å². The molecule has 0 saturated carbocycles. The van der Waals surface area contributed by atoms with Gasteiger partial charge >= 0.3 is 0 Å². The normalized spacial score (nSPS) is 11.2. The maximum Gasteiger partial charge on any atom is 0.200 e. The van der Waals surface area contributed by atoms with Gasteiger partial charge in [-0.3, -0.25) is 10.7 Å². The fourth-order valence-electron chi connectivity index (χ4n) is 1.32. The first-order valence-electron chi connectivity index (χ1n) is 4.51. The minimum atomic E-state index is -0.222. The van der Waals surface area contributed by atoms with E-state index in [2.05, 4.69) is 10.3 Å². The zero-order chi connectivity index (χ0) is 11.4. The predicted molar refractivity (Wildman–Crippen MR) is 62.2 cm³/mol. The summed E-state index contributed by atoms with van der Waals surface area (Å²) in [6, 6.07) is 5.86. The Morgan fingerprint density at radius 3 is 2.20 bits per heavy atom. The molecule has 0 spiro atoms. The van der Waals surface area contributed by atoms with Gasteiger partial charge in [-0.2, -0.15) is 0 Å². The van der Waals surface area contributed by atoms with E-state index in [1.54, 1.807) is 0 Å². The van der Waals surface area contributed by atoms with Crippen LogP contribution in [0, 0.1) is 19.3 Å². The van der Waals surface area contributed by atoms with Crippen molar-refractivity contribution in [3.8, 4) is 0 Å². The largest absolute Gasteiger partial charge is 0.370 e. The summed E-state index contributed by atoms with van der Waals surface area (Å²) in [5.41, 5.74) is 13.6. The molecule has 1 rings (SSSR count). The molecule has 0 amide bonds. The van der Waals surface area contributed by atoms with Crippen LogP contribution in [0.5, 0.6) is 0 Å². The predicted octanol–water partition coefficient (Wildman–Crippen LogP) is 0.733. The number of nitrogens with zero attached hydrogens (tertiary/aromatic N) is 1. The van der Waals surface area contributed by atoms with Crippen LogP contribution in [0.4, 0.5) is 5.69 Å². The zero-order valence-corrected chi connectivity index (χ0v) is 8.83. The lowest BCUT2D eigenvalue weighted by Gasteiger charge is -2.03.